The van der Waals surface area contributed by atoms with Crippen molar-refractivity contribution in [3.8, 4) is 11.5 Å². The number of hydrogen-bond donors (Lipinski definition) is 1. The van der Waals surface area contributed by atoms with Crippen molar-refractivity contribution in [2.45, 2.75) is 18.6 Å². The highest BCUT2D eigenvalue weighted by atomic mass is 32.2. The lowest BCUT2D eigenvalue weighted by atomic mass is 10.2. The maximum atomic E-state index is 5.69. The van der Waals surface area contributed by atoms with Gasteiger partial charge in [-0.15, -0.1) is 5.10 Å². The van der Waals surface area contributed by atoms with Crippen LogP contribution in [0.2, 0.25) is 0 Å². The molecule has 0 amide bonds. The molecule has 0 bridgehead atoms. The van der Waals surface area contributed by atoms with Gasteiger partial charge in [0.15, 0.2) is 11.5 Å². The van der Waals surface area contributed by atoms with Gasteiger partial charge in [0.05, 0.1) is 13.7 Å². The van der Waals surface area contributed by atoms with Gasteiger partial charge in [-0.1, -0.05) is 23.9 Å². The van der Waals surface area contributed by atoms with Gasteiger partial charge in [0.1, 0.15) is 0 Å². The molecule has 0 saturated carbocycles. The molecule has 0 aliphatic rings. The van der Waals surface area contributed by atoms with Crippen molar-refractivity contribution in [2.24, 2.45) is 7.05 Å². The van der Waals surface area contributed by atoms with Crippen LogP contribution >= 0.6 is 11.8 Å². The van der Waals surface area contributed by atoms with Gasteiger partial charge in [0.25, 0.3) is 0 Å². The Morgan fingerprint density at radius 1 is 1.36 bits per heavy atom. The van der Waals surface area contributed by atoms with Crippen LogP contribution in [-0.2, 0) is 13.6 Å². The first-order valence-electron chi connectivity index (χ1n) is 7.10. The van der Waals surface area contributed by atoms with Gasteiger partial charge in [-0.3, -0.25) is 0 Å². The molecule has 2 aromatic rings. The fourth-order valence-electron chi connectivity index (χ4n) is 1.95. The molecule has 1 N–H and O–H groups in total. The van der Waals surface area contributed by atoms with Crippen LogP contribution < -0.4 is 14.8 Å². The van der Waals surface area contributed by atoms with E-state index in [1.165, 1.54) is 0 Å². The second kappa shape index (κ2) is 8.60. The van der Waals surface area contributed by atoms with Crippen molar-refractivity contribution in [1.82, 2.24) is 25.5 Å². The van der Waals surface area contributed by atoms with E-state index in [1.807, 2.05) is 32.2 Å². The third-order valence-electron chi connectivity index (χ3n) is 2.98. The topological polar surface area (TPSA) is 74.1 Å². The van der Waals surface area contributed by atoms with E-state index >= 15 is 0 Å². The van der Waals surface area contributed by atoms with Gasteiger partial charge in [-0.05, 0) is 23.4 Å². The number of aryl methyl sites for hydroxylation is 1. The monoisotopic (exact) mass is 323 g/mol. The van der Waals surface area contributed by atoms with Gasteiger partial charge < -0.3 is 14.8 Å². The second-order valence-electron chi connectivity index (χ2n) is 4.49. The number of ether oxygens (including phenoxy) is 2. The summed E-state index contributed by atoms with van der Waals surface area (Å²) in [5.74, 6) is 2.47. The SMILES string of the molecule is CCOc1c(CNCCSc2nnnn2C)cccc1OC. The minimum atomic E-state index is 0.613. The van der Waals surface area contributed by atoms with Crippen LogP contribution in [0.5, 0.6) is 11.5 Å². The van der Waals surface area contributed by atoms with Crippen LogP contribution in [0.3, 0.4) is 0 Å². The molecule has 0 fully saturated rings. The van der Waals surface area contributed by atoms with E-state index in [2.05, 4.69) is 20.8 Å². The zero-order valence-electron chi connectivity index (χ0n) is 13.1. The van der Waals surface area contributed by atoms with Crippen molar-refractivity contribution in [3.05, 3.63) is 23.8 Å². The van der Waals surface area contributed by atoms with E-state index in [0.29, 0.717) is 6.61 Å². The summed E-state index contributed by atoms with van der Waals surface area (Å²) in [6.45, 7) is 4.15. The Bertz CT molecular complexity index is 590. The molecular formula is C14H21N5O2S. The molecule has 2 rings (SSSR count). The van der Waals surface area contributed by atoms with Crippen molar-refractivity contribution < 1.29 is 9.47 Å². The van der Waals surface area contributed by atoms with Gasteiger partial charge >= 0.3 is 0 Å². The largest absolute Gasteiger partial charge is 0.493 e. The Labute approximate surface area is 134 Å². The molecule has 0 aliphatic carbocycles. The summed E-state index contributed by atoms with van der Waals surface area (Å²) >= 11 is 1.62. The first-order chi connectivity index (χ1) is 10.8. The standard InChI is InChI=1S/C14H21N5O2S/c1-4-21-13-11(6-5-7-12(13)20-3)10-15-8-9-22-14-16-17-18-19(14)2/h5-7,15H,4,8-10H2,1-3H3. The van der Waals surface area contributed by atoms with Crippen LogP contribution in [0.1, 0.15) is 12.5 Å². The Morgan fingerprint density at radius 2 is 2.23 bits per heavy atom. The Hall–Kier alpha value is -1.80. The van der Waals surface area contributed by atoms with Gasteiger partial charge in [-0.2, -0.15) is 0 Å². The number of aromatic nitrogens is 4. The number of nitrogens with one attached hydrogen (secondary N) is 1. The molecule has 7 nitrogen and oxygen atoms in total. The maximum Gasteiger partial charge on any atom is 0.209 e. The first-order valence-corrected chi connectivity index (χ1v) is 8.09. The molecule has 1 aromatic heterocycles. The minimum Gasteiger partial charge on any atom is -0.493 e. The van der Waals surface area contributed by atoms with E-state index < -0.39 is 0 Å². The number of para-hydroxylation sites is 1. The summed E-state index contributed by atoms with van der Waals surface area (Å²) in [6.07, 6.45) is 0. The zero-order chi connectivity index (χ0) is 15.8. The Balaban J connectivity index is 1.82. The molecule has 1 aromatic carbocycles. The molecular weight excluding hydrogens is 302 g/mol. The van der Waals surface area contributed by atoms with Crippen LogP contribution in [-0.4, -0.2) is 46.2 Å². The number of hydrogen-bond acceptors (Lipinski definition) is 7. The number of tetrazole rings is 1. The summed E-state index contributed by atoms with van der Waals surface area (Å²) in [4.78, 5) is 0. The molecule has 1 heterocycles. The molecule has 0 unspecified atom stereocenters. The highest BCUT2D eigenvalue weighted by Crippen LogP contribution is 2.30. The van der Waals surface area contributed by atoms with Gasteiger partial charge in [0, 0.05) is 31.5 Å². The molecule has 8 heteroatoms. The number of rotatable bonds is 9. The summed E-state index contributed by atoms with van der Waals surface area (Å²) in [7, 11) is 3.49. The molecule has 0 spiro atoms. The van der Waals surface area contributed by atoms with Crippen molar-refractivity contribution in [1.29, 1.82) is 0 Å². The fourth-order valence-corrected chi connectivity index (χ4v) is 2.70. The average molecular weight is 323 g/mol. The highest BCUT2D eigenvalue weighted by molar-refractivity contribution is 7.99. The van der Waals surface area contributed by atoms with Gasteiger partial charge in [0.2, 0.25) is 5.16 Å². The lowest BCUT2D eigenvalue weighted by Gasteiger charge is -2.14. The summed E-state index contributed by atoms with van der Waals surface area (Å²) in [6, 6.07) is 5.92. The van der Waals surface area contributed by atoms with E-state index in [-0.39, 0.29) is 0 Å². The van der Waals surface area contributed by atoms with Crippen molar-refractivity contribution in [2.75, 3.05) is 26.0 Å². The zero-order valence-corrected chi connectivity index (χ0v) is 13.9. The summed E-state index contributed by atoms with van der Waals surface area (Å²) in [5.41, 5.74) is 1.09. The molecule has 22 heavy (non-hydrogen) atoms. The molecule has 0 radical (unpaired) electrons. The fraction of sp³-hybridized carbons (Fsp3) is 0.500. The molecule has 120 valence electrons. The summed E-state index contributed by atoms with van der Waals surface area (Å²) < 4.78 is 12.7. The van der Waals surface area contributed by atoms with E-state index in [1.54, 1.807) is 23.6 Å². The first kappa shape index (κ1) is 16.6. The minimum absolute atomic E-state index is 0.613. The normalized spacial score (nSPS) is 10.7. The van der Waals surface area contributed by atoms with Crippen LogP contribution in [0.25, 0.3) is 0 Å². The van der Waals surface area contributed by atoms with E-state index in [4.69, 9.17) is 9.47 Å². The van der Waals surface area contributed by atoms with E-state index in [0.717, 1.165) is 41.1 Å². The van der Waals surface area contributed by atoms with E-state index in [9.17, 15) is 0 Å². The van der Waals surface area contributed by atoms with Crippen LogP contribution in [0, 0.1) is 0 Å². The van der Waals surface area contributed by atoms with Crippen LogP contribution in [0.15, 0.2) is 23.4 Å². The lowest BCUT2D eigenvalue weighted by Crippen LogP contribution is -2.17. The smallest absolute Gasteiger partial charge is 0.209 e. The number of benzene rings is 1. The Kier molecular flexibility index (Phi) is 6.47. The number of nitrogens with zero attached hydrogens (tertiary/aromatic N) is 4. The third kappa shape index (κ3) is 4.35. The molecule has 0 saturated heterocycles. The predicted octanol–water partition coefficient (Wildman–Crippen LogP) is 1.50. The molecule has 0 aliphatic heterocycles. The maximum absolute atomic E-state index is 5.69. The third-order valence-corrected chi connectivity index (χ3v) is 3.99. The van der Waals surface area contributed by atoms with Crippen LogP contribution in [0.4, 0.5) is 0 Å². The van der Waals surface area contributed by atoms with Crippen molar-refractivity contribution in [3.63, 3.8) is 0 Å². The van der Waals surface area contributed by atoms with Crippen molar-refractivity contribution >= 4 is 11.8 Å². The number of thioether (sulfide) groups is 1. The number of methoxy groups -OCH3 is 1. The summed E-state index contributed by atoms with van der Waals surface area (Å²) in [5, 5.41) is 15.6. The Morgan fingerprint density at radius 3 is 2.91 bits per heavy atom. The molecule has 0 atom stereocenters. The second-order valence-corrected chi connectivity index (χ2v) is 5.55. The van der Waals surface area contributed by atoms with Gasteiger partial charge in [-0.25, -0.2) is 4.68 Å². The lowest BCUT2D eigenvalue weighted by molar-refractivity contribution is 0.307. The average Bonchev–Trinajstić information content (AvgIpc) is 2.93. The quantitative estimate of drug-likeness (QED) is 0.553. The highest BCUT2D eigenvalue weighted by Gasteiger charge is 2.09. The predicted molar refractivity (Wildman–Crippen MR) is 85.4 cm³/mol.